The van der Waals surface area contributed by atoms with Crippen LogP contribution in [-0.2, 0) is 9.53 Å². The lowest BCUT2D eigenvalue weighted by Gasteiger charge is -2.09. The molecule has 0 fully saturated rings. The van der Waals surface area contributed by atoms with Crippen molar-refractivity contribution in [3.63, 3.8) is 0 Å². The van der Waals surface area contributed by atoms with Crippen molar-refractivity contribution in [3.05, 3.63) is 63.5 Å². The predicted octanol–water partition coefficient (Wildman–Crippen LogP) is 4.24. The standard InChI is InChI=1S/C21H21NO4/c1-4-25-21(24)18(12-22)15(11-14(2)3)9-10-16-13-26-19-8-6-5-7-17(19)20(16)23/h5-10,13-14H,4,11H2,1-3H3. The minimum Gasteiger partial charge on any atom is -0.463 e. The van der Waals surface area contributed by atoms with Crippen LogP contribution in [0.25, 0.3) is 17.0 Å². The highest BCUT2D eigenvalue weighted by molar-refractivity contribution is 5.94. The molecule has 26 heavy (non-hydrogen) atoms. The molecule has 2 aromatic rings. The summed E-state index contributed by atoms with van der Waals surface area (Å²) in [5.41, 5.74) is 1.19. The molecule has 0 saturated heterocycles. The van der Waals surface area contributed by atoms with Gasteiger partial charge < -0.3 is 9.15 Å². The summed E-state index contributed by atoms with van der Waals surface area (Å²) in [6.45, 7) is 5.85. The molecule has 0 spiro atoms. The fraction of sp³-hybridized carbons (Fsp3) is 0.286. The van der Waals surface area contributed by atoms with Crippen LogP contribution in [0.15, 0.2) is 57.0 Å². The number of esters is 1. The molecule has 134 valence electrons. The van der Waals surface area contributed by atoms with Crippen molar-refractivity contribution in [2.75, 3.05) is 6.61 Å². The quantitative estimate of drug-likeness (QED) is 0.337. The van der Waals surface area contributed by atoms with E-state index >= 15 is 0 Å². The average molecular weight is 351 g/mol. The molecular weight excluding hydrogens is 330 g/mol. The Morgan fingerprint density at radius 3 is 2.73 bits per heavy atom. The number of allylic oxidation sites excluding steroid dienone is 2. The Balaban J connectivity index is 2.49. The molecule has 0 aliphatic heterocycles. The fourth-order valence-electron chi connectivity index (χ4n) is 2.54. The Bertz CT molecular complexity index is 958. The number of hydrogen-bond donors (Lipinski definition) is 0. The van der Waals surface area contributed by atoms with Gasteiger partial charge in [-0.25, -0.2) is 4.79 Å². The summed E-state index contributed by atoms with van der Waals surface area (Å²) < 4.78 is 10.4. The van der Waals surface area contributed by atoms with Crippen LogP contribution >= 0.6 is 0 Å². The molecule has 2 rings (SSSR count). The van der Waals surface area contributed by atoms with Gasteiger partial charge >= 0.3 is 5.97 Å². The van der Waals surface area contributed by atoms with E-state index in [4.69, 9.17) is 9.15 Å². The van der Waals surface area contributed by atoms with Gasteiger partial charge in [-0.3, -0.25) is 4.79 Å². The zero-order valence-corrected chi connectivity index (χ0v) is 15.1. The second-order valence-electron chi connectivity index (χ2n) is 6.18. The van der Waals surface area contributed by atoms with Crippen molar-refractivity contribution in [2.24, 2.45) is 5.92 Å². The van der Waals surface area contributed by atoms with Crippen molar-refractivity contribution in [2.45, 2.75) is 27.2 Å². The first-order valence-electron chi connectivity index (χ1n) is 8.46. The predicted molar refractivity (Wildman–Crippen MR) is 100 cm³/mol. The van der Waals surface area contributed by atoms with Crippen LogP contribution in [0.2, 0.25) is 0 Å². The van der Waals surface area contributed by atoms with Gasteiger partial charge in [-0.1, -0.05) is 32.1 Å². The number of fused-ring (bicyclic) bond motifs is 1. The molecule has 0 unspecified atom stereocenters. The third-order valence-corrected chi connectivity index (χ3v) is 3.71. The number of rotatable bonds is 6. The van der Waals surface area contributed by atoms with Gasteiger partial charge in [0.2, 0.25) is 0 Å². The second kappa shape index (κ2) is 8.82. The number of carbonyl (C=O) groups is 1. The Morgan fingerprint density at radius 2 is 2.08 bits per heavy atom. The maximum Gasteiger partial charge on any atom is 0.349 e. The molecule has 0 amide bonds. The normalized spacial score (nSPS) is 12.3. The van der Waals surface area contributed by atoms with Crippen molar-refractivity contribution in [1.82, 2.24) is 0 Å². The number of carbonyl (C=O) groups excluding carboxylic acids is 1. The maximum atomic E-state index is 12.6. The molecule has 0 aliphatic rings. The number of nitrogens with zero attached hydrogens (tertiary/aromatic N) is 1. The average Bonchev–Trinajstić information content (AvgIpc) is 2.61. The Labute approximate surface area is 152 Å². The number of benzene rings is 1. The SMILES string of the molecule is CCOC(=O)C(C#N)=C(C=Cc1coc2ccccc2c1=O)CC(C)C. The van der Waals surface area contributed by atoms with Gasteiger partial charge in [0.05, 0.1) is 17.6 Å². The van der Waals surface area contributed by atoms with Gasteiger partial charge in [-0.2, -0.15) is 5.26 Å². The van der Waals surface area contributed by atoms with E-state index in [0.717, 1.165) is 0 Å². The monoisotopic (exact) mass is 351 g/mol. The third-order valence-electron chi connectivity index (χ3n) is 3.71. The van der Waals surface area contributed by atoms with Crippen LogP contribution in [0.1, 0.15) is 32.8 Å². The molecule has 5 nitrogen and oxygen atoms in total. The molecule has 0 bridgehead atoms. The Kier molecular flexibility index (Phi) is 6.51. The van der Waals surface area contributed by atoms with Gasteiger partial charge in [0, 0.05) is 0 Å². The van der Waals surface area contributed by atoms with E-state index in [0.29, 0.717) is 28.5 Å². The molecule has 0 radical (unpaired) electrons. The van der Waals surface area contributed by atoms with Crippen molar-refractivity contribution in [1.29, 1.82) is 5.26 Å². The minimum absolute atomic E-state index is 0.0398. The van der Waals surface area contributed by atoms with Crippen LogP contribution in [-0.4, -0.2) is 12.6 Å². The molecule has 0 saturated carbocycles. The molecular formula is C21H21NO4. The lowest BCUT2D eigenvalue weighted by atomic mass is 9.97. The molecule has 0 N–H and O–H groups in total. The van der Waals surface area contributed by atoms with Crippen LogP contribution in [0.5, 0.6) is 0 Å². The summed E-state index contributed by atoms with van der Waals surface area (Å²) in [6.07, 6.45) is 5.09. The molecule has 0 atom stereocenters. The first kappa shape index (κ1) is 19.2. The fourth-order valence-corrected chi connectivity index (χ4v) is 2.54. The van der Waals surface area contributed by atoms with Gasteiger partial charge in [-0.05, 0) is 43.0 Å². The topological polar surface area (TPSA) is 80.3 Å². The number of para-hydroxylation sites is 1. The molecule has 1 aromatic heterocycles. The van der Waals surface area contributed by atoms with E-state index in [1.165, 1.54) is 6.26 Å². The van der Waals surface area contributed by atoms with E-state index in [9.17, 15) is 14.9 Å². The lowest BCUT2D eigenvalue weighted by Crippen LogP contribution is -2.10. The molecule has 1 aromatic carbocycles. The Hall–Kier alpha value is -3.13. The molecule has 5 heteroatoms. The van der Waals surface area contributed by atoms with Crippen LogP contribution in [0.4, 0.5) is 0 Å². The number of ether oxygens (including phenoxy) is 1. The van der Waals surface area contributed by atoms with E-state index in [-0.39, 0.29) is 23.5 Å². The summed E-state index contributed by atoms with van der Waals surface area (Å²) in [5, 5.41) is 9.86. The maximum absolute atomic E-state index is 12.6. The van der Waals surface area contributed by atoms with Gasteiger partial charge in [0.1, 0.15) is 23.5 Å². The highest BCUT2D eigenvalue weighted by atomic mass is 16.5. The first-order valence-corrected chi connectivity index (χ1v) is 8.46. The molecule has 1 heterocycles. The third kappa shape index (κ3) is 4.48. The summed E-state index contributed by atoms with van der Waals surface area (Å²) in [7, 11) is 0. The largest absolute Gasteiger partial charge is 0.463 e. The van der Waals surface area contributed by atoms with Crippen molar-refractivity contribution >= 4 is 23.0 Å². The highest BCUT2D eigenvalue weighted by Crippen LogP contribution is 2.19. The molecule has 0 aliphatic carbocycles. The number of nitriles is 1. The van der Waals surface area contributed by atoms with E-state index < -0.39 is 5.97 Å². The smallest absolute Gasteiger partial charge is 0.349 e. The first-order chi connectivity index (χ1) is 12.5. The van der Waals surface area contributed by atoms with Crippen LogP contribution in [0.3, 0.4) is 0 Å². The summed E-state index contributed by atoms with van der Waals surface area (Å²) in [5.74, 6) is -0.429. The van der Waals surface area contributed by atoms with Gasteiger partial charge in [0.15, 0.2) is 5.43 Å². The van der Waals surface area contributed by atoms with Gasteiger partial charge in [-0.15, -0.1) is 0 Å². The minimum atomic E-state index is -0.652. The van der Waals surface area contributed by atoms with E-state index in [2.05, 4.69) is 0 Å². The summed E-state index contributed by atoms with van der Waals surface area (Å²) in [6, 6.07) is 8.91. The summed E-state index contributed by atoms with van der Waals surface area (Å²) in [4.78, 5) is 24.6. The van der Waals surface area contributed by atoms with Gasteiger partial charge in [0.25, 0.3) is 0 Å². The van der Waals surface area contributed by atoms with Crippen molar-refractivity contribution in [3.8, 4) is 6.07 Å². The van der Waals surface area contributed by atoms with Crippen LogP contribution < -0.4 is 5.43 Å². The summed E-state index contributed by atoms with van der Waals surface area (Å²) >= 11 is 0. The highest BCUT2D eigenvalue weighted by Gasteiger charge is 2.16. The second-order valence-corrected chi connectivity index (χ2v) is 6.18. The zero-order valence-electron chi connectivity index (χ0n) is 15.1. The van der Waals surface area contributed by atoms with Crippen LogP contribution in [0, 0.1) is 17.2 Å². The van der Waals surface area contributed by atoms with Crippen molar-refractivity contribution < 1.29 is 13.9 Å². The Morgan fingerprint density at radius 1 is 1.35 bits per heavy atom. The zero-order chi connectivity index (χ0) is 19.1. The lowest BCUT2D eigenvalue weighted by molar-refractivity contribution is -0.138. The number of hydrogen-bond acceptors (Lipinski definition) is 5. The van der Waals surface area contributed by atoms with E-state index in [1.54, 1.807) is 43.3 Å². The van der Waals surface area contributed by atoms with E-state index in [1.807, 2.05) is 19.9 Å².